The first-order valence-electron chi connectivity index (χ1n) is 5.02. The summed E-state index contributed by atoms with van der Waals surface area (Å²) in [6.45, 7) is 1.92. The van der Waals surface area contributed by atoms with Gasteiger partial charge < -0.3 is 14.3 Å². The van der Waals surface area contributed by atoms with Crippen molar-refractivity contribution in [2.24, 2.45) is 0 Å². The molecular weight excluding hydrogens is 222 g/mol. The normalized spacial score (nSPS) is 10.9. The van der Waals surface area contributed by atoms with Gasteiger partial charge >= 0.3 is 0 Å². The first-order valence-corrected chi connectivity index (χ1v) is 5.02. The lowest BCUT2D eigenvalue weighted by Gasteiger charge is -1.95. The summed E-state index contributed by atoms with van der Waals surface area (Å²) in [4.78, 5) is 15.3. The van der Waals surface area contributed by atoms with Gasteiger partial charge in [-0.15, -0.1) is 0 Å². The molecule has 0 fully saturated rings. The Morgan fingerprint density at radius 1 is 1.59 bits per heavy atom. The maximum Gasteiger partial charge on any atom is 0.246 e. The van der Waals surface area contributed by atoms with Crippen molar-refractivity contribution in [1.82, 2.24) is 15.5 Å². The van der Waals surface area contributed by atoms with Gasteiger partial charge in [-0.25, -0.2) is 0 Å². The van der Waals surface area contributed by atoms with Crippen LogP contribution < -0.4 is 5.32 Å². The smallest absolute Gasteiger partial charge is 0.246 e. The number of furan rings is 1. The van der Waals surface area contributed by atoms with Gasteiger partial charge in [0.2, 0.25) is 11.8 Å². The summed E-state index contributed by atoms with van der Waals surface area (Å²) in [5.74, 6) is 1.29. The van der Waals surface area contributed by atoms with Gasteiger partial charge in [-0.05, 0) is 25.1 Å². The van der Waals surface area contributed by atoms with Gasteiger partial charge in [-0.1, -0.05) is 5.16 Å². The zero-order valence-corrected chi connectivity index (χ0v) is 9.21. The van der Waals surface area contributed by atoms with E-state index in [0.29, 0.717) is 17.5 Å². The van der Waals surface area contributed by atoms with E-state index in [-0.39, 0.29) is 12.5 Å². The van der Waals surface area contributed by atoms with Crippen LogP contribution in [0.3, 0.4) is 0 Å². The lowest BCUT2D eigenvalue weighted by molar-refractivity contribution is -0.116. The highest BCUT2D eigenvalue weighted by Crippen LogP contribution is 2.01. The summed E-state index contributed by atoms with van der Waals surface area (Å²) in [7, 11) is 0. The summed E-state index contributed by atoms with van der Waals surface area (Å²) in [6.07, 6.45) is 4.50. The number of carbonyl (C=O) groups is 1. The van der Waals surface area contributed by atoms with Crippen molar-refractivity contribution in [2.45, 2.75) is 13.5 Å². The zero-order valence-electron chi connectivity index (χ0n) is 9.21. The predicted octanol–water partition coefficient (Wildman–Crippen LogP) is 1.30. The van der Waals surface area contributed by atoms with Crippen LogP contribution in [0.5, 0.6) is 0 Å². The van der Waals surface area contributed by atoms with Crippen molar-refractivity contribution in [3.8, 4) is 0 Å². The van der Waals surface area contributed by atoms with Gasteiger partial charge in [0.1, 0.15) is 5.76 Å². The molecular formula is C11H11N3O3. The highest BCUT2D eigenvalue weighted by atomic mass is 16.5. The average molecular weight is 233 g/mol. The number of nitrogens with zero attached hydrogens (tertiary/aromatic N) is 2. The summed E-state index contributed by atoms with van der Waals surface area (Å²) in [6, 6.07) is 3.50. The summed E-state index contributed by atoms with van der Waals surface area (Å²) in [5, 5.41) is 6.22. The molecule has 1 amide bonds. The Bertz CT molecular complexity index is 514. The van der Waals surface area contributed by atoms with E-state index >= 15 is 0 Å². The molecule has 6 nitrogen and oxygen atoms in total. The number of aromatic nitrogens is 2. The Morgan fingerprint density at radius 3 is 3.12 bits per heavy atom. The lowest BCUT2D eigenvalue weighted by Crippen LogP contribution is -2.20. The lowest BCUT2D eigenvalue weighted by atomic mass is 10.4. The van der Waals surface area contributed by atoms with E-state index in [0.717, 1.165) is 0 Å². The molecule has 0 saturated heterocycles. The SMILES string of the molecule is Cc1noc(CNC(=O)/C=C/c2ccco2)n1. The highest BCUT2D eigenvalue weighted by molar-refractivity contribution is 5.91. The Hall–Kier alpha value is -2.37. The van der Waals surface area contributed by atoms with Crippen LogP contribution in [0.15, 0.2) is 33.4 Å². The summed E-state index contributed by atoms with van der Waals surface area (Å²) >= 11 is 0. The fourth-order valence-corrected chi connectivity index (χ4v) is 1.18. The second kappa shape index (κ2) is 5.11. The molecule has 0 saturated carbocycles. The second-order valence-corrected chi connectivity index (χ2v) is 3.30. The van der Waals surface area contributed by atoms with Crippen LogP contribution in [0, 0.1) is 6.92 Å². The average Bonchev–Trinajstić information content (AvgIpc) is 2.95. The zero-order chi connectivity index (χ0) is 12.1. The molecule has 0 aromatic carbocycles. The summed E-state index contributed by atoms with van der Waals surface area (Å²) in [5.41, 5.74) is 0. The molecule has 17 heavy (non-hydrogen) atoms. The number of hydrogen-bond acceptors (Lipinski definition) is 5. The molecule has 2 rings (SSSR count). The van der Waals surface area contributed by atoms with Gasteiger partial charge in [0.05, 0.1) is 12.8 Å². The maximum atomic E-state index is 11.4. The van der Waals surface area contributed by atoms with E-state index in [2.05, 4.69) is 15.5 Å². The van der Waals surface area contributed by atoms with E-state index < -0.39 is 0 Å². The quantitative estimate of drug-likeness (QED) is 0.805. The third-order valence-electron chi connectivity index (χ3n) is 1.93. The number of hydrogen-bond donors (Lipinski definition) is 1. The molecule has 0 aliphatic heterocycles. The van der Waals surface area contributed by atoms with Gasteiger partial charge in [0.25, 0.3) is 0 Å². The van der Waals surface area contributed by atoms with Crippen LogP contribution in [-0.2, 0) is 11.3 Å². The fourth-order valence-electron chi connectivity index (χ4n) is 1.18. The molecule has 2 aromatic heterocycles. The molecule has 0 spiro atoms. The van der Waals surface area contributed by atoms with Gasteiger partial charge in [0.15, 0.2) is 5.82 Å². The molecule has 6 heteroatoms. The standard InChI is InChI=1S/C11H11N3O3/c1-8-13-11(17-14-8)7-12-10(15)5-4-9-3-2-6-16-9/h2-6H,7H2,1H3,(H,12,15)/b5-4+. The molecule has 0 bridgehead atoms. The topological polar surface area (TPSA) is 81.2 Å². The number of aryl methyl sites for hydroxylation is 1. The van der Waals surface area contributed by atoms with E-state index in [1.54, 1.807) is 31.4 Å². The minimum Gasteiger partial charge on any atom is -0.465 e. The Kier molecular flexibility index (Phi) is 3.34. The summed E-state index contributed by atoms with van der Waals surface area (Å²) < 4.78 is 9.89. The molecule has 2 aromatic rings. The van der Waals surface area contributed by atoms with Gasteiger partial charge in [0, 0.05) is 6.08 Å². The maximum absolute atomic E-state index is 11.4. The van der Waals surface area contributed by atoms with Crippen molar-refractivity contribution in [3.05, 3.63) is 41.9 Å². The van der Waals surface area contributed by atoms with Crippen molar-refractivity contribution >= 4 is 12.0 Å². The minimum atomic E-state index is -0.253. The number of rotatable bonds is 4. The monoisotopic (exact) mass is 233 g/mol. The predicted molar refractivity (Wildman–Crippen MR) is 58.6 cm³/mol. The first kappa shape index (κ1) is 11.1. The minimum absolute atomic E-state index is 0.210. The van der Waals surface area contributed by atoms with Crippen molar-refractivity contribution in [1.29, 1.82) is 0 Å². The van der Waals surface area contributed by atoms with Crippen molar-refractivity contribution in [3.63, 3.8) is 0 Å². The third-order valence-corrected chi connectivity index (χ3v) is 1.93. The Labute approximate surface area is 97.3 Å². The number of carbonyl (C=O) groups excluding carboxylic acids is 1. The molecule has 88 valence electrons. The molecule has 0 atom stereocenters. The van der Waals surface area contributed by atoms with Crippen LogP contribution in [0.25, 0.3) is 6.08 Å². The van der Waals surface area contributed by atoms with Crippen LogP contribution in [0.4, 0.5) is 0 Å². The van der Waals surface area contributed by atoms with E-state index in [1.807, 2.05) is 0 Å². The fraction of sp³-hybridized carbons (Fsp3) is 0.182. The molecule has 0 aliphatic carbocycles. The van der Waals surface area contributed by atoms with Crippen molar-refractivity contribution in [2.75, 3.05) is 0 Å². The second-order valence-electron chi connectivity index (χ2n) is 3.30. The molecule has 2 heterocycles. The van der Waals surface area contributed by atoms with Gasteiger partial charge in [-0.2, -0.15) is 4.98 Å². The molecule has 1 N–H and O–H groups in total. The van der Waals surface area contributed by atoms with E-state index in [4.69, 9.17) is 8.94 Å². The molecule has 0 aliphatic rings. The Balaban J connectivity index is 1.82. The van der Waals surface area contributed by atoms with Crippen LogP contribution in [0.2, 0.25) is 0 Å². The largest absolute Gasteiger partial charge is 0.465 e. The third kappa shape index (κ3) is 3.30. The van der Waals surface area contributed by atoms with E-state index in [9.17, 15) is 4.79 Å². The Morgan fingerprint density at radius 2 is 2.47 bits per heavy atom. The molecule has 0 unspecified atom stereocenters. The first-order chi connectivity index (χ1) is 8.24. The van der Waals surface area contributed by atoms with E-state index in [1.165, 1.54) is 6.08 Å². The van der Waals surface area contributed by atoms with Crippen LogP contribution >= 0.6 is 0 Å². The van der Waals surface area contributed by atoms with Crippen LogP contribution in [0.1, 0.15) is 17.5 Å². The number of amides is 1. The van der Waals surface area contributed by atoms with Crippen LogP contribution in [-0.4, -0.2) is 16.0 Å². The van der Waals surface area contributed by atoms with Gasteiger partial charge in [-0.3, -0.25) is 4.79 Å². The van der Waals surface area contributed by atoms with Crippen molar-refractivity contribution < 1.29 is 13.7 Å². The molecule has 0 radical (unpaired) electrons. The number of nitrogens with one attached hydrogen (secondary N) is 1. The highest BCUT2D eigenvalue weighted by Gasteiger charge is 2.03.